The lowest BCUT2D eigenvalue weighted by molar-refractivity contribution is 0.161. The van der Waals surface area contributed by atoms with Crippen molar-refractivity contribution in [1.82, 2.24) is 0 Å². The molecule has 1 unspecified atom stereocenters. The van der Waals surface area contributed by atoms with E-state index in [1.807, 2.05) is 54.6 Å². The molecular formula is C17H21NO3. The van der Waals surface area contributed by atoms with Crippen LogP contribution < -0.4 is 10.5 Å². The van der Waals surface area contributed by atoms with Crippen LogP contribution in [-0.2, 0) is 12.1 Å². The molecule has 2 aromatic rings. The SMILES string of the molecule is NC(CO)(CCOc1ccccc1CO)c1ccccc1. The first-order valence-electron chi connectivity index (χ1n) is 6.96. The Morgan fingerprint density at radius 2 is 1.62 bits per heavy atom. The van der Waals surface area contributed by atoms with Crippen LogP contribution in [0.4, 0.5) is 0 Å². The van der Waals surface area contributed by atoms with Crippen molar-refractivity contribution in [3.8, 4) is 5.75 Å². The molecule has 0 fully saturated rings. The zero-order valence-electron chi connectivity index (χ0n) is 11.9. The Balaban J connectivity index is 2.01. The van der Waals surface area contributed by atoms with Gasteiger partial charge in [0.15, 0.2) is 0 Å². The molecule has 21 heavy (non-hydrogen) atoms. The molecule has 2 aromatic carbocycles. The number of benzene rings is 2. The summed E-state index contributed by atoms with van der Waals surface area (Å²) >= 11 is 0. The van der Waals surface area contributed by atoms with Crippen LogP contribution in [0.25, 0.3) is 0 Å². The minimum Gasteiger partial charge on any atom is -0.493 e. The number of aliphatic hydroxyl groups excluding tert-OH is 2. The molecule has 0 saturated carbocycles. The third-order valence-corrected chi connectivity index (χ3v) is 3.58. The fourth-order valence-corrected chi connectivity index (χ4v) is 2.20. The molecule has 2 rings (SSSR count). The normalized spacial score (nSPS) is 13.7. The van der Waals surface area contributed by atoms with Gasteiger partial charge in [-0.2, -0.15) is 0 Å². The molecule has 0 aromatic heterocycles. The number of hydrogen-bond donors (Lipinski definition) is 3. The highest BCUT2D eigenvalue weighted by molar-refractivity contribution is 5.32. The van der Waals surface area contributed by atoms with E-state index in [0.717, 1.165) is 11.1 Å². The zero-order valence-corrected chi connectivity index (χ0v) is 11.9. The van der Waals surface area contributed by atoms with Crippen LogP contribution >= 0.6 is 0 Å². The fraction of sp³-hybridized carbons (Fsp3) is 0.294. The van der Waals surface area contributed by atoms with Crippen LogP contribution in [0.5, 0.6) is 5.75 Å². The van der Waals surface area contributed by atoms with Crippen molar-refractivity contribution in [2.45, 2.75) is 18.6 Å². The van der Waals surface area contributed by atoms with E-state index in [0.29, 0.717) is 18.8 Å². The summed E-state index contributed by atoms with van der Waals surface area (Å²) in [5.41, 5.74) is 7.07. The lowest BCUT2D eigenvalue weighted by atomic mass is 9.89. The molecular weight excluding hydrogens is 266 g/mol. The van der Waals surface area contributed by atoms with Gasteiger partial charge < -0.3 is 20.7 Å². The molecule has 112 valence electrons. The highest BCUT2D eigenvalue weighted by atomic mass is 16.5. The maximum atomic E-state index is 9.62. The monoisotopic (exact) mass is 287 g/mol. The molecule has 0 aliphatic rings. The van der Waals surface area contributed by atoms with Gasteiger partial charge in [0.05, 0.1) is 25.4 Å². The Kier molecular flexibility index (Phi) is 5.33. The lowest BCUT2D eigenvalue weighted by Gasteiger charge is -2.28. The number of aliphatic hydroxyl groups is 2. The summed E-state index contributed by atoms with van der Waals surface area (Å²) in [5.74, 6) is 0.647. The molecule has 0 aliphatic carbocycles. The van der Waals surface area contributed by atoms with Crippen molar-refractivity contribution in [2.75, 3.05) is 13.2 Å². The molecule has 0 radical (unpaired) electrons. The van der Waals surface area contributed by atoms with Gasteiger partial charge in [0.2, 0.25) is 0 Å². The first-order chi connectivity index (χ1) is 10.2. The van der Waals surface area contributed by atoms with Crippen molar-refractivity contribution >= 4 is 0 Å². The van der Waals surface area contributed by atoms with Crippen molar-refractivity contribution in [2.24, 2.45) is 5.73 Å². The summed E-state index contributed by atoms with van der Waals surface area (Å²) in [6.07, 6.45) is 0.479. The lowest BCUT2D eigenvalue weighted by Crippen LogP contribution is -2.41. The van der Waals surface area contributed by atoms with Crippen LogP contribution in [0.2, 0.25) is 0 Å². The second-order valence-electron chi connectivity index (χ2n) is 5.04. The van der Waals surface area contributed by atoms with E-state index in [1.165, 1.54) is 0 Å². The van der Waals surface area contributed by atoms with E-state index in [9.17, 15) is 10.2 Å². The summed E-state index contributed by atoms with van der Waals surface area (Å²) < 4.78 is 5.70. The molecule has 4 heteroatoms. The minimum atomic E-state index is -0.824. The fourth-order valence-electron chi connectivity index (χ4n) is 2.20. The summed E-state index contributed by atoms with van der Waals surface area (Å²) in [6.45, 7) is 0.146. The minimum absolute atomic E-state index is 0.0668. The maximum absolute atomic E-state index is 9.62. The highest BCUT2D eigenvalue weighted by Gasteiger charge is 2.26. The van der Waals surface area contributed by atoms with Crippen LogP contribution in [0, 0.1) is 0 Å². The number of rotatable bonds is 7. The van der Waals surface area contributed by atoms with Crippen LogP contribution in [-0.4, -0.2) is 23.4 Å². The maximum Gasteiger partial charge on any atom is 0.124 e. The topological polar surface area (TPSA) is 75.7 Å². The smallest absolute Gasteiger partial charge is 0.124 e. The number of nitrogens with two attached hydrogens (primary N) is 1. The Morgan fingerprint density at radius 1 is 0.952 bits per heavy atom. The van der Waals surface area contributed by atoms with Crippen LogP contribution in [0.3, 0.4) is 0 Å². The van der Waals surface area contributed by atoms with Crippen molar-refractivity contribution in [1.29, 1.82) is 0 Å². The Hall–Kier alpha value is -1.88. The van der Waals surface area contributed by atoms with Gasteiger partial charge in [-0.3, -0.25) is 0 Å². The Bertz CT molecular complexity index is 559. The molecule has 0 aliphatic heterocycles. The van der Waals surface area contributed by atoms with Crippen molar-refractivity contribution in [3.63, 3.8) is 0 Å². The molecule has 0 saturated heterocycles. The number of hydrogen-bond acceptors (Lipinski definition) is 4. The molecule has 0 spiro atoms. The number of para-hydroxylation sites is 1. The van der Waals surface area contributed by atoms with E-state index in [-0.39, 0.29) is 13.2 Å². The van der Waals surface area contributed by atoms with E-state index >= 15 is 0 Å². The second-order valence-corrected chi connectivity index (χ2v) is 5.04. The summed E-state index contributed by atoms with van der Waals surface area (Å²) in [7, 11) is 0. The average molecular weight is 287 g/mol. The van der Waals surface area contributed by atoms with Gasteiger partial charge in [-0.05, 0) is 11.6 Å². The summed E-state index contributed by atoms with van der Waals surface area (Å²) in [6, 6.07) is 16.8. The molecule has 4 N–H and O–H groups in total. The van der Waals surface area contributed by atoms with Crippen molar-refractivity contribution in [3.05, 3.63) is 65.7 Å². The third-order valence-electron chi connectivity index (χ3n) is 3.58. The average Bonchev–Trinajstić information content (AvgIpc) is 2.56. The summed E-state index contributed by atoms with van der Waals surface area (Å²) in [5, 5.41) is 18.9. The van der Waals surface area contributed by atoms with Gasteiger partial charge in [-0.15, -0.1) is 0 Å². The van der Waals surface area contributed by atoms with Gasteiger partial charge in [0.1, 0.15) is 5.75 Å². The molecule has 0 bridgehead atoms. The largest absolute Gasteiger partial charge is 0.493 e. The van der Waals surface area contributed by atoms with Gasteiger partial charge in [0, 0.05) is 12.0 Å². The highest BCUT2D eigenvalue weighted by Crippen LogP contribution is 2.23. The van der Waals surface area contributed by atoms with E-state index in [4.69, 9.17) is 10.5 Å². The first-order valence-corrected chi connectivity index (χ1v) is 6.96. The van der Waals surface area contributed by atoms with E-state index in [2.05, 4.69) is 0 Å². The third kappa shape index (κ3) is 3.82. The van der Waals surface area contributed by atoms with Crippen molar-refractivity contribution < 1.29 is 14.9 Å². The first kappa shape index (κ1) is 15.5. The summed E-state index contributed by atoms with van der Waals surface area (Å²) in [4.78, 5) is 0. The quantitative estimate of drug-likeness (QED) is 0.726. The van der Waals surface area contributed by atoms with Gasteiger partial charge in [-0.25, -0.2) is 0 Å². The number of ether oxygens (including phenoxy) is 1. The standard InChI is InChI=1S/C17H21NO3/c18-17(13-20,15-7-2-1-3-8-15)10-11-21-16-9-5-4-6-14(16)12-19/h1-9,19-20H,10-13,18H2. The van der Waals surface area contributed by atoms with E-state index in [1.54, 1.807) is 0 Å². The molecule has 1 atom stereocenters. The van der Waals surface area contributed by atoms with Crippen LogP contribution in [0.1, 0.15) is 17.5 Å². The molecule has 0 amide bonds. The Morgan fingerprint density at radius 3 is 2.29 bits per heavy atom. The second kappa shape index (κ2) is 7.22. The zero-order chi connectivity index (χ0) is 15.1. The van der Waals surface area contributed by atoms with E-state index < -0.39 is 5.54 Å². The van der Waals surface area contributed by atoms with Gasteiger partial charge >= 0.3 is 0 Å². The predicted octanol–water partition coefficient (Wildman–Crippen LogP) is 1.79. The van der Waals surface area contributed by atoms with Crippen LogP contribution in [0.15, 0.2) is 54.6 Å². The molecule has 4 nitrogen and oxygen atoms in total. The predicted molar refractivity (Wildman–Crippen MR) is 81.9 cm³/mol. The van der Waals surface area contributed by atoms with Gasteiger partial charge in [-0.1, -0.05) is 48.5 Å². The molecule has 0 heterocycles. The Labute approximate surface area is 124 Å². The van der Waals surface area contributed by atoms with Gasteiger partial charge in [0.25, 0.3) is 0 Å².